The zero-order valence-corrected chi connectivity index (χ0v) is 19.4. The number of halogens is 2. The first-order valence-electron chi connectivity index (χ1n) is 10.6. The fraction of sp³-hybridized carbons (Fsp3) is 0.280. The van der Waals surface area contributed by atoms with Crippen molar-refractivity contribution in [2.24, 2.45) is 0 Å². The van der Waals surface area contributed by atoms with E-state index in [-0.39, 0.29) is 42.9 Å². The van der Waals surface area contributed by atoms with E-state index in [1.165, 1.54) is 5.56 Å². The maximum Gasteiger partial charge on any atom is 0.322 e. The second-order valence-corrected chi connectivity index (χ2v) is 8.11. The molecular weight excluding hydrogens is 443 g/mol. The van der Waals surface area contributed by atoms with E-state index in [4.69, 9.17) is 0 Å². The molecule has 168 valence electrons. The normalized spacial score (nSPS) is 18.7. The van der Waals surface area contributed by atoms with Gasteiger partial charge in [0.15, 0.2) is 0 Å². The number of aromatic nitrogens is 1. The molecule has 1 atom stereocenters. The molecule has 32 heavy (non-hydrogen) atoms. The minimum absolute atomic E-state index is 0. The Balaban J connectivity index is 0.00000144. The minimum Gasteiger partial charge on any atom is -0.310 e. The van der Waals surface area contributed by atoms with Crippen molar-refractivity contribution in [2.45, 2.75) is 31.5 Å². The number of benzene rings is 2. The van der Waals surface area contributed by atoms with Gasteiger partial charge in [0.1, 0.15) is 0 Å². The van der Waals surface area contributed by atoms with Crippen LogP contribution in [0.2, 0.25) is 0 Å². The number of amides is 2. The van der Waals surface area contributed by atoms with Crippen LogP contribution < -0.4 is 5.32 Å². The van der Waals surface area contributed by atoms with Crippen LogP contribution in [-0.2, 0) is 6.54 Å². The molecule has 3 aromatic rings. The van der Waals surface area contributed by atoms with Gasteiger partial charge >= 0.3 is 6.03 Å². The van der Waals surface area contributed by atoms with E-state index in [1.807, 2.05) is 30.5 Å². The lowest BCUT2D eigenvalue weighted by Gasteiger charge is -2.45. The second kappa shape index (κ2) is 10.8. The Morgan fingerprint density at radius 3 is 2.25 bits per heavy atom. The van der Waals surface area contributed by atoms with Crippen molar-refractivity contribution >= 4 is 36.5 Å². The van der Waals surface area contributed by atoms with Crippen LogP contribution in [0.4, 0.5) is 10.5 Å². The lowest BCUT2D eigenvalue weighted by atomic mass is 9.91. The molecule has 3 heterocycles. The fourth-order valence-corrected chi connectivity index (χ4v) is 4.73. The summed E-state index contributed by atoms with van der Waals surface area (Å²) in [6.07, 6.45) is 5.57. The molecule has 0 saturated carbocycles. The van der Waals surface area contributed by atoms with Gasteiger partial charge < -0.3 is 10.2 Å². The van der Waals surface area contributed by atoms with Crippen LogP contribution in [0, 0.1) is 0 Å². The van der Waals surface area contributed by atoms with E-state index in [0.29, 0.717) is 0 Å². The van der Waals surface area contributed by atoms with Gasteiger partial charge in [0, 0.05) is 43.6 Å². The van der Waals surface area contributed by atoms with Crippen molar-refractivity contribution in [3.8, 4) is 0 Å². The molecule has 1 N–H and O–H groups in total. The van der Waals surface area contributed by atoms with Gasteiger partial charge in [-0.1, -0.05) is 60.7 Å². The molecule has 1 aromatic heterocycles. The van der Waals surface area contributed by atoms with Gasteiger partial charge in [0.25, 0.3) is 0 Å². The van der Waals surface area contributed by atoms with Gasteiger partial charge in [0.05, 0.1) is 11.7 Å². The molecule has 0 bridgehead atoms. The van der Waals surface area contributed by atoms with Gasteiger partial charge in [-0.2, -0.15) is 0 Å². The number of nitrogens with one attached hydrogen (secondary N) is 1. The zero-order chi connectivity index (χ0) is 20.3. The minimum atomic E-state index is -0.102. The van der Waals surface area contributed by atoms with E-state index in [2.05, 4.69) is 62.6 Å². The molecule has 2 amide bonds. The summed E-state index contributed by atoms with van der Waals surface area (Å²) in [6, 6.07) is 22.9. The van der Waals surface area contributed by atoms with Crippen LogP contribution in [-0.4, -0.2) is 39.9 Å². The first-order chi connectivity index (χ1) is 14.8. The monoisotopic (exact) mass is 470 g/mol. The summed E-state index contributed by atoms with van der Waals surface area (Å²) < 4.78 is 0. The van der Waals surface area contributed by atoms with Gasteiger partial charge in [-0.15, -0.1) is 24.8 Å². The smallest absolute Gasteiger partial charge is 0.310 e. The number of carbonyl (C=O) groups excluding carboxylic acids is 1. The summed E-state index contributed by atoms with van der Waals surface area (Å²) >= 11 is 0. The number of nitrogens with zero attached hydrogens (tertiary/aromatic N) is 3. The predicted molar refractivity (Wildman–Crippen MR) is 133 cm³/mol. The van der Waals surface area contributed by atoms with Crippen LogP contribution in [0.1, 0.15) is 35.6 Å². The number of fused-ring (bicyclic) bond motifs is 1. The number of anilines is 1. The summed E-state index contributed by atoms with van der Waals surface area (Å²) in [5.41, 5.74) is 4.40. The number of piperidine rings is 1. The molecule has 0 aliphatic carbocycles. The van der Waals surface area contributed by atoms with Crippen LogP contribution in [0.5, 0.6) is 0 Å². The highest BCUT2D eigenvalue weighted by atomic mass is 35.5. The maximum absolute atomic E-state index is 13.2. The lowest BCUT2D eigenvalue weighted by Crippen LogP contribution is -2.52. The third-order valence-electron chi connectivity index (χ3n) is 6.22. The molecule has 7 heteroatoms. The fourth-order valence-electron chi connectivity index (χ4n) is 4.73. The summed E-state index contributed by atoms with van der Waals surface area (Å²) in [5, 5.41) is 3.09. The Morgan fingerprint density at radius 1 is 0.906 bits per heavy atom. The van der Waals surface area contributed by atoms with Crippen molar-refractivity contribution in [3.05, 3.63) is 95.8 Å². The molecule has 5 rings (SSSR count). The van der Waals surface area contributed by atoms with Crippen molar-refractivity contribution in [1.29, 1.82) is 0 Å². The average Bonchev–Trinajstić information content (AvgIpc) is 2.80. The average molecular weight is 471 g/mol. The van der Waals surface area contributed by atoms with E-state index >= 15 is 0 Å². The molecule has 5 nitrogen and oxygen atoms in total. The molecule has 1 unspecified atom stereocenters. The van der Waals surface area contributed by atoms with Gasteiger partial charge in [0.2, 0.25) is 0 Å². The van der Waals surface area contributed by atoms with E-state index in [0.717, 1.165) is 49.3 Å². The van der Waals surface area contributed by atoms with Crippen molar-refractivity contribution in [1.82, 2.24) is 14.8 Å². The first kappa shape index (κ1) is 24.1. The molecule has 2 aliphatic heterocycles. The Hall–Kier alpha value is -2.60. The third kappa shape index (κ3) is 4.90. The highest BCUT2D eigenvalue weighted by Crippen LogP contribution is 2.40. The van der Waals surface area contributed by atoms with Gasteiger partial charge in [-0.05, 0) is 30.0 Å². The number of urea groups is 1. The number of pyridine rings is 1. The molecule has 1 fully saturated rings. The summed E-state index contributed by atoms with van der Waals surface area (Å²) in [4.78, 5) is 22.1. The molecule has 1 saturated heterocycles. The number of hydrogen-bond acceptors (Lipinski definition) is 3. The van der Waals surface area contributed by atoms with Crippen LogP contribution in [0.25, 0.3) is 0 Å². The number of likely N-dealkylation sites (tertiary alicyclic amines) is 1. The maximum atomic E-state index is 13.2. The lowest BCUT2D eigenvalue weighted by molar-refractivity contribution is 0.105. The number of carbonyl (C=O) groups is 1. The number of rotatable bonds is 4. The highest BCUT2D eigenvalue weighted by molar-refractivity contribution is 5.93. The third-order valence-corrected chi connectivity index (χ3v) is 6.22. The van der Waals surface area contributed by atoms with Crippen LogP contribution in [0.15, 0.2) is 79.1 Å². The quantitative estimate of drug-likeness (QED) is 0.545. The van der Waals surface area contributed by atoms with Crippen LogP contribution in [0.3, 0.4) is 0 Å². The zero-order valence-electron chi connectivity index (χ0n) is 17.8. The standard InChI is InChI=1S/C25H26N4O.2ClH/c30-25-27-23-11-14-26-17-22(23)24(20-9-5-2-6-10-20)29(25)21-12-15-28(16-13-21)18-19-7-3-1-4-8-19;;/h1-11,14,17,21,24H,12-13,15-16,18H2,(H,27,30);2*1H. The van der Waals surface area contributed by atoms with Gasteiger partial charge in [-0.3, -0.25) is 9.88 Å². The highest BCUT2D eigenvalue weighted by Gasteiger charge is 2.39. The largest absolute Gasteiger partial charge is 0.322 e. The molecular formula is C25H28Cl2N4O. The summed E-state index contributed by atoms with van der Waals surface area (Å²) in [5.74, 6) is 0. The van der Waals surface area contributed by atoms with E-state index in [1.54, 1.807) is 6.20 Å². The predicted octanol–water partition coefficient (Wildman–Crippen LogP) is 5.53. The summed E-state index contributed by atoms with van der Waals surface area (Å²) in [6.45, 7) is 2.95. The van der Waals surface area contributed by atoms with Crippen molar-refractivity contribution < 1.29 is 4.79 Å². The van der Waals surface area contributed by atoms with Crippen molar-refractivity contribution in [2.75, 3.05) is 18.4 Å². The van der Waals surface area contributed by atoms with Crippen molar-refractivity contribution in [3.63, 3.8) is 0 Å². The number of hydrogen-bond donors (Lipinski definition) is 1. The molecule has 0 radical (unpaired) electrons. The first-order valence-corrected chi connectivity index (χ1v) is 10.6. The molecule has 2 aliphatic rings. The topological polar surface area (TPSA) is 48.5 Å². The van der Waals surface area contributed by atoms with E-state index < -0.39 is 0 Å². The Labute approximate surface area is 201 Å². The SMILES string of the molecule is Cl.Cl.O=C1Nc2ccncc2C(c2ccccc2)N1C1CCN(Cc2ccccc2)CC1. The Bertz CT molecular complexity index is 1010. The molecule has 0 spiro atoms. The Kier molecular flexibility index (Phi) is 8.13. The van der Waals surface area contributed by atoms with Gasteiger partial charge in [-0.25, -0.2) is 4.79 Å². The van der Waals surface area contributed by atoms with Crippen LogP contribution >= 0.6 is 24.8 Å². The summed E-state index contributed by atoms with van der Waals surface area (Å²) in [7, 11) is 0. The Morgan fingerprint density at radius 2 is 1.56 bits per heavy atom. The van der Waals surface area contributed by atoms with E-state index in [9.17, 15) is 4.79 Å². The second-order valence-electron chi connectivity index (χ2n) is 8.11. The molecule has 2 aromatic carbocycles.